The van der Waals surface area contributed by atoms with Crippen molar-refractivity contribution in [1.29, 1.82) is 0 Å². The number of ether oxygens (including phenoxy) is 4. The van der Waals surface area contributed by atoms with E-state index in [1.165, 1.54) is 6.20 Å². The van der Waals surface area contributed by atoms with E-state index in [-0.39, 0.29) is 5.69 Å². The van der Waals surface area contributed by atoms with E-state index in [0.717, 1.165) is 5.56 Å². The van der Waals surface area contributed by atoms with Crippen LogP contribution in [0.3, 0.4) is 0 Å². The van der Waals surface area contributed by atoms with Crippen LogP contribution in [-0.4, -0.2) is 44.8 Å². The van der Waals surface area contributed by atoms with Gasteiger partial charge in [-0.15, -0.1) is 0 Å². The number of pyridine rings is 1. The van der Waals surface area contributed by atoms with Crippen molar-refractivity contribution in [2.45, 2.75) is 6.61 Å². The lowest BCUT2D eigenvalue weighted by Crippen LogP contribution is -2.11. The molecule has 2 aromatic rings. The third-order valence-electron chi connectivity index (χ3n) is 3.15. The van der Waals surface area contributed by atoms with Crippen LogP contribution in [0.2, 0.25) is 0 Å². The van der Waals surface area contributed by atoms with Gasteiger partial charge in [0.05, 0.1) is 19.8 Å². The molecule has 1 heterocycles. The van der Waals surface area contributed by atoms with Crippen LogP contribution in [0, 0.1) is 0 Å². The van der Waals surface area contributed by atoms with Crippen molar-refractivity contribution in [1.82, 2.24) is 4.98 Å². The summed E-state index contributed by atoms with van der Waals surface area (Å²) in [4.78, 5) is 15.2. The molecule has 6 heteroatoms. The third-order valence-corrected chi connectivity index (χ3v) is 3.15. The summed E-state index contributed by atoms with van der Waals surface area (Å²) in [5, 5.41) is 0. The lowest BCUT2D eigenvalue weighted by Gasteiger charge is -2.14. The average molecular weight is 331 g/mol. The van der Waals surface area contributed by atoms with Crippen LogP contribution in [0.25, 0.3) is 0 Å². The van der Waals surface area contributed by atoms with Gasteiger partial charge in [0.25, 0.3) is 0 Å². The van der Waals surface area contributed by atoms with Gasteiger partial charge in [0.1, 0.15) is 18.9 Å². The van der Waals surface area contributed by atoms with Gasteiger partial charge in [-0.25, -0.2) is 4.98 Å². The number of benzene rings is 1. The first-order valence-corrected chi connectivity index (χ1v) is 7.65. The molecule has 0 bridgehead atoms. The molecular formula is C18H21NO5. The molecule has 24 heavy (non-hydrogen) atoms. The molecule has 0 atom stereocenters. The SMILES string of the molecule is COCCOCCOc1ccnc(C=O)c1OCc1ccccc1. The smallest absolute Gasteiger partial charge is 0.190 e. The lowest BCUT2D eigenvalue weighted by molar-refractivity contribution is 0.0537. The van der Waals surface area contributed by atoms with Gasteiger partial charge in [0, 0.05) is 19.4 Å². The molecule has 0 radical (unpaired) electrons. The van der Waals surface area contributed by atoms with E-state index < -0.39 is 0 Å². The fourth-order valence-electron chi connectivity index (χ4n) is 1.97. The minimum atomic E-state index is 0.212. The highest BCUT2D eigenvalue weighted by Gasteiger charge is 2.12. The maximum atomic E-state index is 11.2. The Hall–Kier alpha value is -2.44. The van der Waals surface area contributed by atoms with Gasteiger partial charge >= 0.3 is 0 Å². The van der Waals surface area contributed by atoms with Crippen molar-refractivity contribution in [3.05, 3.63) is 53.9 Å². The minimum absolute atomic E-state index is 0.212. The van der Waals surface area contributed by atoms with E-state index in [0.29, 0.717) is 50.8 Å². The van der Waals surface area contributed by atoms with E-state index in [9.17, 15) is 4.79 Å². The summed E-state index contributed by atoms with van der Waals surface area (Å²) >= 11 is 0. The molecule has 0 aliphatic carbocycles. The summed E-state index contributed by atoms with van der Waals surface area (Å²) in [7, 11) is 1.62. The first-order valence-electron chi connectivity index (χ1n) is 7.65. The highest BCUT2D eigenvalue weighted by atomic mass is 16.6. The van der Waals surface area contributed by atoms with Gasteiger partial charge in [-0.05, 0) is 5.56 Å². The maximum Gasteiger partial charge on any atom is 0.190 e. The Morgan fingerprint density at radius 2 is 1.79 bits per heavy atom. The number of aldehydes is 1. The summed E-state index contributed by atoms with van der Waals surface area (Å²) < 4.78 is 21.7. The number of aromatic nitrogens is 1. The number of rotatable bonds is 11. The second-order valence-electron chi connectivity index (χ2n) is 4.87. The standard InChI is InChI=1S/C18H21NO5/c1-21-9-10-22-11-12-23-17-7-8-19-16(13-20)18(17)24-14-15-5-3-2-4-6-15/h2-8,13H,9-12,14H2,1H3. The van der Waals surface area contributed by atoms with Crippen molar-refractivity contribution < 1.29 is 23.7 Å². The van der Waals surface area contributed by atoms with Crippen LogP contribution in [0.1, 0.15) is 16.1 Å². The van der Waals surface area contributed by atoms with E-state index in [4.69, 9.17) is 18.9 Å². The average Bonchev–Trinajstić information content (AvgIpc) is 2.64. The third kappa shape index (κ3) is 5.64. The van der Waals surface area contributed by atoms with E-state index in [1.54, 1.807) is 13.2 Å². The Balaban J connectivity index is 1.95. The second-order valence-corrected chi connectivity index (χ2v) is 4.87. The predicted octanol–water partition coefficient (Wildman–Crippen LogP) is 2.51. The summed E-state index contributed by atoms with van der Waals surface area (Å²) in [6, 6.07) is 11.3. The zero-order valence-electron chi connectivity index (χ0n) is 13.6. The van der Waals surface area contributed by atoms with Crippen molar-refractivity contribution >= 4 is 6.29 Å². The fraction of sp³-hybridized carbons (Fsp3) is 0.333. The maximum absolute atomic E-state index is 11.2. The summed E-state index contributed by atoms with van der Waals surface area (Å²) in [6.45, 7) is 2.13. The molecule has 128 valence electrons. The highest BCUT2D eigenvalue weighted by Crippen LogP contribution is 2.29. The summed E-state index contributed by atoms with van der Waals surface area (Å²) in [5.74, 6) is 0.812. The van der Waals surface area contributed by atoms with Crippen molar-refractivity contribution in [3.8, 4) is 11.5 Å². The Bertz CT molecular complexity index is 618. The molecular weight excluding hydrogens is 310 g/mol. The monoisotopic (exact) mass is 331 g/mol. The number of hydrogen-bond donors (Lipinski definition) is 0. The van der Waals surface area contributed by atoms with Gasteiger partial charge in [0.2, 0.25) is 0 Å². The number of methoxy groups -OCH3 is 1. The normalized spacial score (nSPS) is 10.4. The van der Waals surface area contributed by atoms with Gasteiger partial charge in [0.15, 0.2) is 17.8 Å². The largest absolute Gasteiger partial charge is 0.487 e. The summed E-state index contributed by atoms with van der Waals surface area (Å²) in [6.07, 6.45) is 2.17. The molecule has 0 N–H and O–H groups in total. The van der Waals surface area contributed by atoms with Gasteiger partial charge in [-0.1, -0.05) is 30.3 Å². The van der Waals surface area contributed by atoms with Gasteiger partial charge < -0.3 is 18.9 Å². The van der Waals surface area contributed by atoms with Gasteiger partial charge in [-0.2, -0.15) is 0 Å². The van der Waals surface area contributed by atoms with Crippen LogP contribution in [0.5, 0.6) is 11.5 Å². The summed E-state index contributed by atoms with van der Waals surface area (Å²) in [5.41, 5.74) is 1.20. The lowest BCUT2D eigenvalue weighted by atomic mass is 10.2. The van der Waals surface area contributed by atoms with Crippen LogP contribution in [0.4, 0.5) is 0 Å². The number of carbonyl (C=O) groups excluding carboxylic acids is 1. The zero-order chi connectivity index (χ0) is 17.0. The van der Waals surface area contributed by atoms with Crippen LogP contribution in [0.15, 0.2) is 42.6 Å². The molecule has 0 spiro atoms. The first-order chi connectivity index (χ1) is 11.8. The van der Waals surface area contributed by atoms with Crippen molar-refractivity contribution in [3.63, 3.8) is 0 Å². The molecule has 0 aliphatic heterocycles. The van der Waals surface area contributed by atoms with E-state index in [1.807, 2.05) is 30.3 Å². The molecule has 0 fully saturated rings. The minimum Gasteiger partial charge on any atom is -0.487 e. The highest BCUT2D eigenvalue weighted by molar-refractivity contribution is 5.78. The Morgan fingerprint density at radius 1 is 1.00 bits per heavy atom. The van der Waals surface area contributed by atoms with E-state index in [2.05, 4.69) is 4.98 Å². The number of carbonyl (C=O) groups is 1. The van der Waals surface area contributed by atoms with Crippen LogP contribution >= 0.6 is 0 Å². The zero-order valence-corrected chi connectivity index (χ0v) is 13.6. The molecule has 1 aromatic heterocycles. The second kappa shape index (κ2) is 10.4. The number of nitrogens with zero attached hydrogens (tertiary/aromatic N) is 1. The van der Waals surface area contributed by atoms with Crippen molar-refractivity contribution in [2.75, 3.05) is 33.5 Å². The molecule has 0 saturated heterocycles. The van der Waals surface area contributed by atoms with Gasteiger partial charge in [-0.3, -0.25) is 4.79 Å². The molecule has 1 aromatic carbocycles. The molecule has 0 aliphatic rings. The number of hydrogen-bond acceptors (Lipinski definition) is 6. The Labute approximate surface area is 141 Å². The quantitative estimate of drug-likeness (QED) is 0.465. The molecule has 0 amide bonds. The molecule has 2 rings (SSSR count). The molecule has 0 unspecified atom stereocenters. The first kappa shape index (κ1) is 17.9. The topological polar surface area (TPSA) is 66.9 Å². The fourth-order valence-corrected chi connectivity index (χ4v) is 1.97. The van der Waals surface area contributed by atoms with E-state index >= 15 is 0 Å². The van der Waals surface area contributed by atoms with Crippen LogP contribution in [-0.2, 0) is 16.1 Å². The molecule has 6 nitrogen and oxygen atoms in total. The van der Waals surface area contributed by atoms with Crippen molar-refractivity contribution in [2.24, 2.45) is 0 Å². The Kier molecular flexibility index (Phi) is 7.73. The molecule has 0 saturated carbocycles. The van der Waals surface area contributed by atoms with Crippen LogP contribution < -0.4 is 9.47 Å². The Morgan fingerprint density at radius 3 is 2.54 bits per heavy atom. The predicted molar refractivity (Wildman–Crippen MR) is 88.6 cm³/mol.